The summed E-state index contributed by atoms with van der Waals surface area (Å²) in [6.07, 6.45) is 3.02. The molecule has 1 aliphatic heterocycles. The first kappa shape index (κ1) is 15.3. The highest BCUT2D eigenvalue weighted by atomic mass is 16.6. The molecule has 1 aromatic rings. The van der Waals surface area contributed by atoms with Crippen LogP contribution in [0.3, 0.4) is 0 Å². The number of likely N-dealkylation sites (tertiary alicyclic amines) is 1. The van der Waals surface area contributed by atoms with Crippen molar-refractivity contribution >= 4 is 6.09 Å². The van der Waals surface area contributed by atoms with Crippen LogP contribution in [0.5, 0.6) is 0 Å². The molecule has 1 aromatic heterocycles. The van der Waals surface area contributed by atoms with Gasteiger partial charge in [0, 0.05) is 31.5 Å². The van der Waals surface area contributed by atoms with Crippen LogP contribution in [0.4, 0.5) is 4.79 Å². The monoisotopic (exact) mass is 288 g/mol. The third-order valence-corrected chi connectivity index (χ3v) is 3.10. The van der Waals surface area contributed by atoms with E-state index in [4.69, 9.17) is 4.74 Å². The fourth-order valence-corrected chi connectivity index (χ4v) is 2.06. The fraction of sp³-hybridized carbons (Fsp3) is 0.533. The highest BCUT2D eigenvalue weighted by Gasteiger charge is 2.34. The molecule has 21 heavy (non-hydrogen) atoms. The molecule has 112 valence electrons. The zero-order valence-corrected chi connectivity index (χ0v) is 12.5. The summed E-state index contributed by atoms with van der Waals surface area (Å²) in [6.45, 7) is 6.64. The van der Waals surface area contributed by atoms with E-state index in [1.165, 1.54) is 0 Å². The summed E-state index contributed by atoms with van der Waals surface area (Å²) < 4.78 is 5.29. The minimum absolute atomic E-state index is 0.107. The van der Waals surface area contributed by atoms with Gasteiger partial charge in [-0.15, -0.1) is 0 Å². The number of rotatable bonds is 3. The largest absolute Gasteiger partial charge is 0.444 e. The molecule has 0 bridgehead atoms. The Hall–Kier alpha value is -2.13. The van der Waals surface area contributed by atoms with E-state index in [1.807, 2.05) is 32.9 Å². The first-order valence-electron chi connectivity index (χ1n) is 6.92. The second-order valence-corrected chi connectivity index (χ2v) is 6.09. The Kier molecular flexibility index (Phi) is 4.43. The van der Waals surface area contributed by atoms with Crippen LogP contribution >= 0.6 is 0 Å². The molecule has 6 heteroatoms. The average molecular weight is 288 g/mol. The molecular weight excluding hydrogens is 268 g/mol. The Morgan fingerprint density at radius 3 is 2.62 bits per heavy atom. The number of pyridine rings is 1. The average Bonchev–Trinajstić information content (AvgIpc) is 2.36. The van der Waals surface area contributed by atoms with Crippen molar-refractivity contribution < 1.29 is 9.53 Å². The van der Waals surface area contributed by atoms with Gasteiger partial charge >= 0.3 is 6.09 Å². The molecule has 2 rings (SSSR count). The second-order valence-electron chi connectivity index (χ2n) is 6.09. The predicted molar refractivity (Wildman–Crippen MR) is 77.3 cm³/mol. The summed E-state index contributed by atoms with van der Waals surface area (Å²) in [5, 5.41) is 12.5. The van der Waals surface area contributed by atoms with Crippen molar-refractivity contribution in [3.63, 3.8) is 0 Å². The lowest BCUT2D eigenvalue weighted by molar-refractivity contribution is 0.00475. The van der Waals surface area contributed by atoms with Gasteiger partial charge in [0.15, 0.2) is 0 Å². The van der Waals surface area contributed by atoms with Gasteiger partial charge in [0.2, 0.25) is 0 Å². The highest BCUT2D eigenvalue weighted by Crippen LogP contribution is 2.18. The van der Waals surface area contributed by atoms with Gasteiger partial charge in [0.1, 0.15) is 11.6 Å². The van der Waals surface area contributed by atoms with Crippen molar-refractivity contribution in [2.75, 3.05) is 13.1 Å². The zero-order valence-electron chi connectivity index (χ0n) is 12.5. The minimum Gasteiger partial charge on any atom is -0.444 e. The summed E-state index contributed by atoms with van der Waals surface area (Å²) in [4.78, 5) is 17.4. The number of nitriles is 1. The van der Waals surface area contributed by atoms with Crippen LogP contribution in [0, 0.1) is 11.3 Å². The molecule has 0 aromatic carbocycles. The SMILES string of the molecule is CC(C)(C)OC(=O)N1CC(N[C@H](C#N)c2ccncc2)C1. The van der Waals surface area contributed by atoms with Gasteiger partial charge in [0.25, 0.3) is 0 Å². The van der Waals surface area contributed by atoms with Crippen molar-refractivity contribution in [2.45, 2.75) is 38.5 Å². The highest BCUT2D eigenvalue weighted by molar-refractivity contribution is 5.69. The number of nitrogens with one attached hydrogen (secondary N) is 1. The molecule has 1 atom stereocenters. The number of ether oxygens (including phenoxy) is 1. The van der Waals surface area contributed by atoms with Crippen LogP contribution in [0.15, 0.2) is 24.5 Å². The maximum Gasteiger partial charge on any atom is 0.410 e. The maximum atomic E-state index is 11.8. The summed E-state index contributed by atoms with van der Waals surface area (Å²) >= 11 is 0. The number of nitrogens with zero attached hydrogens (tertiary/aromatic N) is 3. The van der Waals surface area contributed by atoms with E-state index in [2.05, 4.69) is 16.4 Å². The second kappa shape index (κ2) is 6.10. The normalized spacial score (nSPS) is 16.8. The van der Waals surface area contributed by atoms with Crippen LogP contribution in [-0.4, -0.2) is 40.7 Å². The summed E-state index contributed by atoms with van der Waals surface area (Å²) in [5.74, 6) is 0. The van der Waals surface area contributed by atoms with E-state index >= 15 is 0 Å². The molecule has 0 spiro atoms. The van der Waals surface area contributed by atoms with Crippen LogP contribution in [0.1, 0.15) is 32.4 Å². The van der Waals surface area contributed by atoms with Gasteiger partial charge < -0.3 is 9.64 Å². The summed E-state index contributed by atoms with van der Waals surface area (Å²) in [7, 11) is 0. The van der Waals surface area contributed by atoms with Crippen molar-refractivity contribution in [1.29, 1.82) is 5.26 Å². The van der Waals surface area contributed by atoms with Crippen LogP contribution in [-0.2, 0) is 4.74 Å². The Balaban J connectivity index is 1.82. The zero-order chi connectivity index (χ0) is 15.5. The topological polar surface area (TPSA) is 78.2 Å². The van der Waals surface area contributed by atoms with Crippen LogP contribution in [0.25, 0.3) is 0 Å². The van der Waals surface area contributed by atoms with Crippen molar-refractivity contribution in [3.05, 3.63) is 30.1 Å². The van der Waals surface area contributed by atoms with Gasteiger partial charge in [-0.1, -0.05) is 0 Å². The quantitative estimate of drug-likeness (QED) is 0.918. The maximum absolute atomic E-state index is 11.8. The number of hydrogen-bond acceptors (Lipinski definition) is 5. The number of carbonyl (C=O) groups excluding carboxylic acids is 1. The van der Waals surface area contributed by atoms with E-state index in [9.17, 15) is 10.1 Å². The van der Waals surface area contributed by atoms with Gasteiger partial charge in [-0.25, -0.2) is 4.79 Å². The van der Waals surface area contributed by atoms with E-state index < -0.39 is 11.6 Å². The Morgan fingerprint density at radius 1 is 1.48 bits per heavy atom. The lowest BCUT2D eigenvalue weighted by Crippen LogP contribution is -2.60. The Morgan fingerprint density at radius 2 is 2.10 bits per heavy atom. The Bertz CT molecular complexity index is 527. The molecule has 0 radical (unpaired) electrons. The molecule has 1 amide bonds. The predicted octanol–water partition coefficient (Wildman–Crippen LogP) is 1.86. The van der Waals surface area contributed by atoms with Gasteiger partial charge in [-0.05, 0) is 38.5 Å². The van der Waals surface area contributed by atoms with E-state index in [0.29, 0.717) is 13.1 Å². The molecule has 6 nitrogen and oxygen atoms in total. The van der Waals surface area contributed by atoms with Gasteiger partial charge in [-0.3, -0.25) is 10.3 Å². The molecule has 1 fully saturated rings. The first-order valence-corrected chi connectivity index (χ1v) is 6.92. The van der Waals surface area contributed by atoms with Gasteiger partial charge in [-0.2, -0.15) is 5.26 Å². The van der Waals surface area contributed by atoms with E-state index in [1.54, 1.807) is 17.3 Å². The van der Waals surface area contributed by atoms with Gasteiger partial charge in [0.05, 0.1) is 6.07 Å². The van der Waals surface area contributed by atoms with E-state index in [-0.39, 0.29) is 12.1 Å². The Labute approximate surface area is 124 Å². The number of amides is 1. The third-order valence-electron chi connectivity index (χ3n) is 3.10. The molecule has 1 aliphatic rings. The standard InChI is InChI=1S/C15H20N4O2/c1-15(2,3)21-14(20)19-9-12(10-19)18-13(8-16)11-4-6-17-7-5-11/h4-7,12-13,18H,9-10H2,1-3H3/t13-/m1/s1. The van der Waals surface area contributed by atoms with Crippen molar-refractivity contribution in [1.82, 2.24) is 15.2 Å². The molecule has 1 saturated heterocycles. The van der Waals surface area contributed by atoms with Crippen molar-refractivity contribution in [2.24, 2.45) is 0 Å². The smallest absolute Gasteiger partial charge is 0.410 e. The molecule has 0 aliphatic carbocycles. The molecule has 1 N–H and O–H groups in total. The summed E-state index contributed by atoms with van der Waals surface area (Å²) in [6, 6.07) is 5.56. The lowest BCUT2D eigenvalue weighted by Gasteiger charge is -2.40. The number of aromatic nitrogens is 1. The molecule has 0 unspecified atom stereocenters. The van der Waals surface area contributed by atoms with Crippen molar-refractivity contribution in [3.8, 4) is 6.07 Å². The lowest BCUT2D eigenvalue weighted by atomic mass is 10.1. The molecule has 0 saturated carbocycles. The molecule has 2 heterocycles. The first-order chi connectivity index (χ1) is 9.89. The van der Waals surface area contributed by atoms with E-state index in [0.717, 1.165) is 5.56 Å². The third kappa shape index (κ3) is 4.17. The fourth-order valence-electron chi connectivity index (χ4n) is 2.06. The molecular formula is C15H20N4O2. The number of carbonyl (C=O) groups is 1. The summed E-state index contributed by atoms with van der Waals surface area (Å²) in [5.41, 5.74) is 0.394. The van der Waals surface area contributed by atoms with Crippen LogP contribution in [0.2, 0.25) is 0 Å². The van der Waals surface area contributed by atoms with Crippen LogP contribution < -0.4 is 5.32 Å². The number of hydrogen-bond donors (Lipinski definition) is 1. The minimum atomic E-state index is -0.484.